The van der Waals surface area contributed by atoms with Crippen LogP contribution in [0.2, 0.25) is 0 Å². The molecular weight excluding hydrogens is 366 g/mol. The quantitative estimate of drug-likeness (QED) is 0.773. The largest absolute Gasteiger partial charge is 0.343 e. The summed E-state index contributed by atoms with van der Waals surface area (Å²) in [4.78, 5) is 34.9. The minimum atomic E-state index is -0.186. The maximum atomic E-state index is 13.6. The van der Waals surface area contributed by atoms with Crippen molar-refractivity contribution in [2.24, 2.45) is 0 Å². The predicted molar refractivity (Wildman–Crippen MR) is 114 cm³/mol. The lowest BCUT2D eigenvalue weighted by atomic mass is 9.88. The van der Waals surface area contributed by atoms with Crippen LogP contribution in [-0.2, 0) is 4.79 Å². The second-order valence-corrected chi connectivity index (χ2v) is 8.65. The van der Waals surface area contributed by atoms with Crippen LogP contribution in [0.4, 0.5) is 16.3 Å². The number of carbonyl (C=O) groups is 2. The van der Waals surface area contributed by atoms with Crippen LogP contribution in [0, 0.1) is 0 Å². The fourth-order valence-corrected chi connectivity index (χ4v) is 5.19. The van der Waals surface area contributed by atoms with Crippen LogP contribution in [0.3, 0.4) is 0 Å². The number of nitrogens with zero attached hydrogens (tertiary/aromatic N) is 5. The van der Waals surface area contributed by atoms with Crippen molar-refractivity contribution < 1.29 is 9.59 Å². The minimum absolute atomic E-state index is 0.0860. The minimum Gasteiger partial charge on any atom is -0.335 e. The van der Waals surface area contributed by atoms with E-state index in [1.165, 1.54) is 43.5 Å². The van der Waals surface area contributed by atoms with Gasteiger partial charge in [0.15, 0.2) is 5.82 Å². The molecule has 0 unspecified atom stereocenters. The normalized spacial score (nSPS) is 21.3. The summed E-state index contributed by atoms with van der Waals surface area (Å²) >= 11 is 0. The molecule has 158 valence electrons. The summed E-state index contributed by atoms with van der Waals surface area (Å²) in [6.45, 7) is 0.0860. The third-order valence-corrected chi connectivity index (χ3v) is 6.84. The van der Waals surface area contributed by atoms with Crippen LogP contribution >= 0.6 is 0 Å². The fourth-order valence-electron chi connectivity index (χ4n) is 5.19. The Morgan fingerprint density at radius 3 is 2.17 bits per heavy atom. The molecule has 0 N–H and O–H groups in total. The molecule has 1 aromatic rings. The Kier molecular flexibility index (Phi) is 5.92. The Labute approximate surface area is 173 Å². The van der Waals surface area contributed by atoms with E-state index in [1.54, 1.807) is 23.2 Å². The lowest BCUT2D eigenvalue weighted by Crippen LogP contribution is -2.58. The highest BCUT2D eigenvalue weighted by Crippen LogP contribution is 2.34. The van der Waals surface area contributed by atoms with Gasteiger partial charge in [-0.3, -0.25) is 14.7 Å². The van der Waals surface area contributed by atoms with Crippen LogP contribution in [0.25, 0.3) is 0 Å². The number of carbonyl (C=O) groups excluding carboxylic acids is 2. The van der Waals surface area contributed by atoms with E-state index in [9.17, 15) is 9.59 Å². The van der Waals surface area contributed by atoms with E-state index in [-0.39, 0.29) is 18.5 Å². The maximum Gasteiger partial charge on any atom is 0.343 e. The van der Waals surface area contributed by atoms with Gasteiger partial charge >= 0.3 is 6.03 Å². The average Bonchev–Trinajstić information content (AvgIpc) is 2.77. The Bertz CT molecular complexity index is 724. The molecule has 0 radical (unpaired) electrons. The van der Waals surface area contributed by atoms with E-state index < -0.39 is 0 Å². The van der Waals surface area contributed by atoms with Gasteiger partial charge < -0.3 is 4.90 Å². The fraction of sp³-hybridized carbons (Fsp3) is 0.682. The molecule has 4 rings (SSSR count). The Hall–Kier alpha value is -2.31. The van der Waals surface area contributed by atoms with Crippen LogP contribution in [0.15, 0.2) is 18.3 Å². The van der Waals surface area contributed by atoms with Crippen LogP contribution < -0.4 is 9.91 Å². The van der Waals surface area contributed by atoms with Gasteiger partial charge in [0.25, 0.3) is 0 Å². The highest BCUT2D eigenvalue weighted by molar-refractivity contribution is 6.02. The van der Waals surface area contributed by atoms with Crippen molar-refractivity contribution in [2.45, 2.75) is 76.3 Å². The van der Waals surface area contributed by atoms with Crippen LogP contribution in [0.5, 0.6) is 0 Å². The van der Waals surface area contributed by atoms with Crippen molar-refractivity contribution in [2.75, 3.05) is 30.5 Å². The predicted octanol–water partition coefficient (Wildman–Crippen LogP) is 3.80. The SMILES string of the molecule is CN1C(=O)N(CC(=O)N(C2CCCCC2)C2CCCCC2)c2cccnc2N1C. The van der Waals surface area contributed by atoms with E-state index in [0.717, 1.165) is 25.7 Å². The number of anilines is 2. The van der Waals surface area contributed by atoms with Crippen LogP contribution in [0.1, 0.15) is 64.2 Å². The Balaban J connectivity index is 1.59. The monoisotopic (exact) mass is 399 g/mol. The molecule has 3 aliphatic rings. The van der Waals surface area contributed by atoms with Gasteiger partial charge in [-0.05, 0) is 37.8 Å². The van der Waals surface area contributed by atoms with Gasteiger partial charge in [0.1, 0.15) is 6.54 Å². The van der Waals surface area contributed by atoms with Gasteiger partial charge in [-0.25, -0.2) is 14.8 Å². The third kappa shape index (κ3) is 3.91. The molecule has 2 fully saturated rings. The summed E-state index contributed by atoms with van der Waals surface area (Å²) in [6.07, 6.45) is 13.4. The van der Waals surface area contributed by atoms with Gasteiger partial charge in [-0.2, -0.15) is 0 Å². The smallest absolute Gasteiger partial charge is 0.335 e. The van der Waals surface area contributed by atoms with Crippen molar-refractivity contribution in [1.82, 2.24) is 14.9 Å². The molecule has 1 aliphatic heterocycles. The number of urea groups is 1. The molecule has 0 saturated heterocycles. The summed E-state index contributed by atoms with van der Waals surface area (Å²) in [6, 6.07) is 4.17. The number of fused-ring (bicyclic) bond motifs is 1. The highest BCUT2D eigenvalue weighted by atomic mass is 16.2. The first-order valence-corrected chi connectivity index (χ1v) is 11.1. The Morgan fingerprint density at radius 2 is 1.59 bits per heavy atom. The zero-order valence-electron chi connectivity index (χ0n) is 17.7. The summed E-state index contributed by atoms with van der Waals surface area (Å²) in [7, 11) is 3.54. The van der Waals surface area contributed by atoms with Gasteiger partial charge in [0.2, 0.25) is 5.91 Å². The molecular formula is C22H33N5O2. The molecule has 0 bridgehead atoms. The molecule has 3 amide bonds. The molecule has 2 saturated carbocycles. The number of hydrogen-bond acceptors (Lipinski definition) is 4. The Morgan fingerprint density at radius 1 is 1.00 bits per heavy atom. The third-order valence-electron chi connectivity index (χ3n) is 6.84. The van der Waals surface area contributed by atoms with E-state index >= 15 is 0 Å². The zero-order valence-corrected chi connectivity index (χ0v) is 17.7. The first-order chi connectivity index (χ1) is 14.1. The molecule has 7 nitrogen and oxygen atoms in total. The van der Waals surface area contributed by atoms with E-state index in [1.807, 2.05) is 19.2 Å². The number of aromatic nitrogens is 1. The lowest BCUT2D eigenvalue weighted by molar-refractivity contribution is -0.136. The summed E-state index contributed by atoms with van der Waals surface area (Å²) < 4.78 is 0. The summed E-state index contributed by atoms with van der Waals surface area (Å²) in [5.74, 6) is 0.786. The number of rotatable bonds is 4. The second kappa shape index (κ2) is 8.59. The summed E-state index contributed by atoms with van der Waals surface area (Å²) in [5.41, 5.74) is 0.707. The van der Waals surface area contributed by atoms with Gasteiger partial charge in [0.05, 0.1) is 5.69 Å². The van der Waals surface area contributed by atoms with Gasteiger partial charge in [-0.1, -0.05) is 38.5 Å². The molecule has 0 aromatic carbocycles. The van der Waals surface area contributed by atoms with Crippen molar-refractivity contribution >= 4 is 23.4 Å². The highest BCUT2D eigenvalue weighted by Gasteiger charge is 2.38. The van der Waals surface area contributed by atoms with Gasteiger partial charge in [0, 0.05) is 32.4 Å². The average molecular weight is 400 g/mol. The van der Waals surface area contributed by atoms with Crippen molar-refractivity contribution in [3.8, 4) is 0 Å². The van der Waals surface area contributed by atoms with E-state index in [2.05, 4.69) is 9.88 Å². The zero-order chi connectivity index (χ0) is 20.4. The first-order valence-electron chi connectivity index (χ1n) is 11.1. The summed E-state index contributed by atoms with van der Waals surface area (Å²) in [5, 5.41) is 3.26. The van der Waals surface area contributed by atoms with Crippen molar-refractivity contribution in [3.05, 3.63) is 18.3 Å². The molecule has 1 aromatic heterocycles. The standard InChI is InChI=1S/C22H33N5O2/c1-24-21-19(14-9-15-23-21)26(22(29)25(24)2)16-20(28)27(17-10-5-3-6-11-17)18-12-7-4-8-13-18/h9,14-15,17-18H,3-8,10-13,16H2,1-2H3. The number of amides is 3. The number of hydrazine groups is 1. The van der Waals surface area contributed by atoms with Crippen molar-refractivity contribution in [1.29, 1.82) is 0 Å². The molecule has 0 spiro atoms. The van der Waals surface area contributed by atoms with E-state index in [4.69, 9.17) is 0 Å². The topological polar surface area (TPSA) is 60.0 Å². The number of hydrogen-bond donors (Lipinski definition) is 0. The molecule has 29 heavy (non-hydrogen) atoms. The van der Waals surface area contributed by atoms with Crippen molar-refractivity contribution in [3.63, 3.8) is 0 Å². The maximum absolute atomic E-state index is 13.6. The van der Waals surface area contributed by atoms with Crippen LogP contribution in [-0.4, -0.2) is 59.6 Å². The lowest BCUT2D eigenvalue weighted by Gasteiger charge is -2.44. The molecule has 2 heterocycles. The molecule has 0 atom stereocenters. The van der Waals surface area contributed by atoms with E-state index in [0.29, 0.717) is 23.6 Å². The molecule has 2 aliphatic carbocycles. The first kappa shape index (κ1) is 20.0. The van der Waals surface area contributed by atoms with Gasteiger partial charge in [-0.15, -0.1) is 0 Å². The number of pyridine rings is 1. The molecule has 7 heteroatoms. The second-order valence-electron chi connectivity index (χ2n) is 8.65.